The Balaban J connectivity index is 1.89. The maximum absolute atomic E-state index is 12.4. The van der Waals surface area contributed by atoms with E-state index in [4.69, 9.17) is 16.3 Å². The zero-order valence-electron chi connectivity index (χ0n) is 12.0. The highest BCUT2D eigenvalue weighted by molar-refractivity contribution is 6.31. The van der Waals surface area contributed by atoms with E-state index in [-0.39, 0.29) is 5.91 Å². The molecule has 3 aromatic carbocycles. The molecule has 3 rings (SSSR count). The number of anilines is 1. The maximum Gasteiger partial charge on any atom is 0.259 e. The molecule has 0 radical (unpaired) electrons. The van der Waals surface area contributed by atoms with Crippen molar-refractivity contribution in [1.29, 1.82) is 0 Å². The van der Waals surface area contributed by atoms with Gasteiger partial charge in [0, 0.05) is 10.7 Å². The van der Waals surface area contributed by atoms with Crippen LogP contribution >= 0.6 is 11.6 Å². The number of rotatable bonds is 3. The van der Waals surface area contributed by atoms with Gasteiger partial charge in [0.05, 0.1) is 12.7 Å². The van der Waals surface area contributed by atoms with Crippen molar-refractivity contribution in [2.45, 2.75) is 0 Å². The quantitative estimate of drug-likeness (QED) is 0.757. The van der Waals surface area contributed by atoms with Crippen LogP contribution in [0.5, 0.6) is 5.75 Å². The third-order valence-corrected chi connectivity index (χ3v) is 3.65. The summed E-state index contributed by atoms with van der Waals surface area (Å²) < 4.78 is 5.21. The summed E-state index contributed by atoms with van der Waals surface area (Å²) in [6.07, 6.45) is 0. The second-order valence-electron chi connectivity index (χ2n) is 4.86. The van der Waals surface area contributed by atoms with E-state index < -0.39 is 0 Å². The number of fused-ring (bicyclic) bond motifs is 1. The zero-order chi connectivity index (χ0) is 15.5. The van der Waals surface area contributed by atoms with Gasteiger partial charge in [0.1, 0.15) is 5.75 Å². The molecule has 3 aromatic rings. The summed E-state index contributed by atoms with van der Waals surface area (Å²) in [5.41, 5.74) is 1.18. The van der Waals surface area contributed by atoms with Crippen LogP contribution in [0.1, 0.15) is 10.4 Å². The summed E-state index contributed by atoms with van der Waals surface area (Å²) in [7, 11) is 1.51. The first-order valence-electron chi connectivity index (χ1n) is 6.81. The lowest BCUT2D eigenvalue weighted by Gasteiger charge is -2.10. The monoisotopic (exact) mass is 311 g/mol. The predicted molar refractivity (Wildman–Crippen MR) is 89.9 cm³/mol. The van der Waals surface area contributed by atoms with Gasteiger partial charge in [-0.3, -0.25) is 4.79 Å². The summed E-state index contributed by atoms with van der Waals surface area (Å²) in [6, 6.07) is 18.7. The van der Waals surface area contributed by atoms with Crippen LogP contribution in [0.3, 0.4) is 0 Å². The first-order chi connectivity index (χ1) is 10.7. The van der Waals surface area contributed by atoms with Gasteiger partial charge >= 0.3 is 0 Å². The van der Waals surface area contributed by atoms with Crippen LogP contribution in [0.25, 0.3) is 10.8 Å². The molecular formula is C18H14ClNO2. The highest BCUT2D eigenvalue weighted by Gasteiger charge is 2.13. The third-order valence-electron chi connectivity index (χ3n) is 3.42. The molecule has 0 saturated heterocycles. The average Bonchev–Trinajstić information content (AvgIpc) is 2.54. The predicted octanol–water partition coefficient (Wildman–Crippen LogP) is 4.75. The van der Waals surface area contributed by atoms with Crippen LogP contribution < -0.4 is 10.1 Å². The summed E-state index contributed by atoms with van der Waals surface area (Å²) in [5.74, 6) is 0.217. The van der Waals surface area contributed by atoms with Gasteiger partial charge in [-0.2, -0.15) is 0 Å². The average molecular weight is 312 g/mol. The molecule has 0 aliphatic heterocycles. The van der Waals surface area contributed by atoms with Crippen molar-refractivity contribution in [3.8, 4) is 5.75 Å². The Morgan fingerprint density at radius 1 is 1.00 bits per heavy atom. The van der Waals surface area contributed by atoms with E-state index in [1.165, 1.54) is 7.11 Å². The first-order valence-corrected chi connectivity index (χ1v) is 7.19. The van der Waals surface area contributed by atoms with Crippen molar-refractivity contribution in [3.63, 3.8) is 0 Å². The van der Waals surface area contributed by atoms with Crippen molar-refractivity contribution in [3.05, 3.63) is 71.2 Å². The van der Waals surface area contributed by atoms with E-state index in [1.54, 1.807) is 18.2 Å². The number of carbonyl (C=O) groups is 1. The minimum atomic E-state index is -0.233. The van der Waals surface area contributed by atoms with Gasteiger partial charge in [-0.1, -0.05) is 41.9 Å². The molecule has 0 heterocycles. The van der Waals surface area contributed by atoms with Crippen molar-refractivity contribution < 1.29 is 9.53 Å². The minimum absolute atomic E-state index is 0.233. The largest absolute Gasteiger partial charge is 0.496 e. The molecule has 0 bridgehead atoms. The van der Waals surface area contributed by atoms with Crippen molar-refractivity contribution in [2.75, 3.05) is 12.4 Å². The molecule has 0 spiro atoms. The van der Waals surface area contributed by atoms with Crippen LogP contribution in [0.15, 0.2) is 60.7 Å². The Labute approximate surface area is 133 Å². The van der Waals surface area contributed by atoms with E-state index in [9.17, 15) is 4.79 Å². The van der Waals surface area contributed by atoms with Gasteiger partial charge in [0.25, 0.3) is 5.91 Å². The molecule has 0 aliphatic carbocycles. The number of hydrogen-bond donors (Lipinski definition) is 1. The normalized spacial score (nSPS) is 10.5. The molecule has 110 valence electrons. The second-order valence-corrected chi connectivity index (χ2v) is 5.30. The molecule has 1 N–H and O–H groups in total. The van der Waals surface area contributed by atoms with E-state index in [0.717, 1.165) is 16.5 Å². The summed E-state index contributed by atoms with van der Waals surface area (Å²) in [6.45, 7) is 0. The van der Waals surface area contributed by atoms with E-state index in [0.29, 0.717) is 16.3 Å². The highest BCUT2D eigenvalue weighted by Crippen LogP contribution is 2.25. The Morgan fingerprint density at radius 3 is 2.55 bits per heavy atom. The van der Waals surface area contributed by atoms with Gasteiger partial charge in [-0.05, 0) is 41.1 Å². The smallest absolute Gasteiger partial charge is 0.259 e. The van der Waals surface area contributed by atoms with Crippen molar-refractivity contribution >= 4 is 34.0 Å². The van der Waals surface area contributed by atoms with E-state index in [2.05, 4.69) is 5.32 Å². The second kappa shape index (κ2) is 6.08. The fourth-order valence-electron chi connectivity index (χ4n) is 2.32. The number of methoxy groups -OCH3 is 1. The van der Waals surface area contributed by atoms with Crippen LogP contribution in [-0.4, -0.2) is 13.0 Å². The van der Waals surface area contributed by atoms with E-state index in [1.807, 2.05) is 42.5 Å². The lowest BCUT2D eigenvalue weighted by molar-refractivity contribution is 0.102. The van der Waals surface area contributed by atoms with Crippen molar-refractivity contribution in [2.24, 2.45) is 0 Å². The Hall–Kier alpha value is -2.52. The number of ether oxygens (including phenoxy) is 1. The third kappa shape index (κ3) is 2.90. The van der Waals surface area contributed by atoms with Gasteiger partial charge in [0.15, 0.2) is 0 Å². The molecule has 0 unspecified atom stereocenters. The molecule has 0 atom stereocenters. The molecule has 3 nitrogen and oxygen atoms in total. The lowest BCUT2D eigenvalue weighted by Crippen LogP contribution is -2.13. The van der Waals surface area contributed by atoms with Crippen LogP contribution in [-0.2, 0) is 0 Å². The van der Waals surface area contributed by atoms with Gasteiger partial charge in [0.2, 0.25) is 0 Å². The summed E-state index contributed by atoms with van der Waals surface area (Å²) >= 11 is 5.91. The Kier molecular flexibility index (Phi) is 3.98. The van der Waals surface area contributed by atoms with Gasteiger partial charge < -0.3 is 10.1 Å². The number of carbonyl (C=O) groups excluding carboxylic acids is 1. The maximum atomic E-state index is 12.4. The first kappa shape index (κ1) is 14.4. The fraction of sp³-hybridized carbons (Fsp3) is 0.0556. The molecule has 0 saturated carbocycles. The number of hydrogen-bond acceptors (Lipinski definition) is 2. The fourth-order valence-corrected chi connectivity index (χ4v) is 2.48. The molecule has 0 aromatic heterocycles. The molecular weight excluding hydrogens is 298 g/mol. The van der Waals surface area contributed by atoms with Crippen LogP contribution in [0.4, 0.5) is 5.69 Å². The number of halogens is 1. The van der Waals surface area contributed by atoms with Gasteiger partial charge in [-0.15, -0.1) is 0 Å². The Bertz CT molecular complexity index is 845. The minimum Gasteiger partial charge on any atom is -0.496 e. The highest BCUT2D eigenvalue weighted by atomic mass is 35.5. The van der Waals surface area contributed by atoms with E-state index >= 15 is 0 Å². The van der Waals surface area contributed by atoms with Gasteiger partial charge in [-0.25, -0.2) is 0 Å². The number of amides is 1. The summed E-state index contributed by atoms with van der Waals surface area (Å²) in [5, 5.41) is 5.61. The van der Waals surface area contributed by atoms with Crippen molar-refractivity contribution in [1.82, 2.24) is 0 Å². The lowest BCUT2D eigenvalue weighted by atomic mass is 10.1. The molecule has 0 aliphatic rings. The van der Waals surface area contributed by atoms with Crippen LogP contribution in [0.2, 0.25) is 5.02 Å². The zero-order valence-corrected chi connectivity index (χ0v) is 12.7. The topological polar surface area (TPSA) is 38.3 Å². The molecule has 22 heavy (non-hydrogen) atoms. The summed E-state index contributed by atoms with van der Waals surface area (Å²) in [4.78, 5) is 12.4. The number of benzene rings is 3. The number of nitrogens with one attached hydrogen (secondary N) is 1. The molecule has 1 amide bonds. The molecule has 4 heteroatoms. The Morgan fingerprint density at radius 2 is 1.77 bits per heavy atom. The standard InChI is InChI=1S/C18H14ClNO2/c1-22-17-11-14(19)7-9-16(17)18(21)20-15-8-6-12-4-2-3-5-13(12)10-15/h2-11H,1H3,(H,20,21). The van der Waals surface area contributed by atoms with Crippen LogP contribution in [0, 0.1) is 0 Å². The SMILES string of the molecule is COc1cc(Cl)ccc1C(=O)Nc1ccc2ccccc2c1. The molecule has 0 fully saturated rings.